The molecule has 0 bridgehead atoms. The van der Waals surface area contributed by atoms with Crippen LogP contribution < -0.4 is 10.2 Å². The van der Waals surface area contributed by atoms with Gasteiger partial charge < -0.3 is 15.1 Å². The van der Waals surface area contributed by atoms with E-state index in [9.17, 15) is 9.18 Å². The van der Waals surface area contributed by atoms with Crippen molar-refractivity contribution in [2.45, 2.75) is 19.9 Å². The zero-order chi connectivity index (χ0) is 19.1. The van der Waals surface area contributed by atoms with E-state index >= 15 is 0 Å². The Morgan fingerprint density at radius 3 is 2.46 bits per heavy atom. The van der Waals surface area contributed by atoms with Gasteiger partial charge in [-0.05, 0) is 57.8 Å². The predicted molar refractivity (Wildman–Crippen MR) is 103 cm³/mol. The van der Waals surface area contributed by atoms with E-state index in [1.165, 1.54) is 12.1 Å². The molecule has 0 saturated heterocycles. The smallest absolute Gasteiger partial charge is 0.252 e. The summed E-state index contributed by atoms with van der Waals surface area (Å²) < 4.78 is 13.5. The van der Waals surface area contributed by atoms with Crippen molar-refractivity contribution in [3.05, 3.63) is 59.5 Å². The van der Waals surface area contributed by atoms with E-state index in [2.05, 4.69) is 29.0 Å². The van der Waals surface area contributed by atoms with E-state index in [1.54, 1.807) is 18.3 Å². The number of rotatable bonds is 8. The number of hydrogen-bond acceptors (Lipinski definition) is 4. The lowest BCUT2D eigenvalue weighted by Gasteiger charge is -2.25. The van der Waals surface area contributed by atoms with Crippen molar-refractivity contribution >= 4 is 11.7 Å². The van der Waals surface area contributed by atoms with E-state index in [4.69, 9.17) is 0 Å². The highest BCUT2D eigenvalue weighted by molar-refractivity contribution is 5.94. The van der Waals surface area contributed by atoms with Gasteiger partial charge in [-0.1, -0.05) is 12.1 Å². The number of halogens is 1. The highest BCUT2D eigenvalue weighted by atomic mass is 19.1. The molecular weight excluding hydrogens is 331 g/mol. The van der Waals surface area contributed by atoms with Gasteiger partial charge in [0, 0.05) is 25.8 Å². The van der Waals surface area contributed by atoms with E-state index < -0.39 is 0 Å². The Hall–Kier alpha value is -2.47. The standard InChI is InChI=1S/C20H27FN4O/c1-5-25(6-2)19-11-10-16(13-22-19)20(26)23-14-18(24(3)4)15-8-7-9-17(21)12-15/h7-13,18H,5-6,14H2,1-4H3,(H,23,26). The van der Waals surface area contributed by atoms with Crippen molar-refractivity contribution in [2.24, 2.45) is 0 Å². The summed E-state index contributed by atoms with van der Waals surface area (Å²) in [7, 11) is 3.81. The molecule has 0 radical (unpaired) electrons. The van der Waals surface area contributed by atoms with E-state index in [-0.39, 0.29) is 17.8 Å². The lowest BCUT2D eigenvalue weighted by molar-refractivity contribution is 0.0941. The van der Waals surface area contributed by atoms with Crippen LogP contribution in [0.3, 0.4) is 0 Å². The zero-order valence-corrected chi connectivity index (χ0v) is 15.9. The molecule has 1 aromatic carbocycles. The van der Waals surface area contributed by atoms with Crippen LogP contribution in [0.2, 0.25) is 0 Å². The molecule has 0 saturated carbocycles. The first-order chi connectivity index (χ1) is 12.5. The number of benzene rings is 1. The second-order valence-electron chi connectivity index (χ2n) is 6.32. The Morgan fingerprint density at radius 1 is 1.19 bits per heavy atom. The molecule has 140 valence electrons. The summed E-state index contributed by atoms with van der Waals surface area (Å²) in [6, 6.07) is 9.98. The molecular formula is C20H27FN4O. The second kappa shape index (κ2) is 9.29. The third kappa shape index (κ3) is 5.02. The topological polar surface area (TPSA) is 48.5 Å². The number of amides is 1. The van der Waals surface area contributed by atoms with Gasteiger partial charge in [-0.15, -0.1) is 0 Å². The number of likely N-dealkylation sites (N-methyl/N-ethyl adjacent to an activating group) is 1. The molecule has 6 heteroatoms. The van der Waals surface area contributed by atoms with Gasteiger partial charge >= 0.3 is 0 Å². The fraction of sp³-hybridized carbons (Fsp3) is 0.400. The van der Waals surface area contributed by atoms with Crippen LogP contribution in [-0.4, -0.2) is 49.5 Å². The monoisotopic (exact) mass is 358 g/mol. The van der Waals surface area contributed by atoms with Crippen molar-refractivity contribution in [1.82, 2.24) is 15.2 Å². The number of pyridine rings is 1. The Kier molecular flexibility index (Phi) is 7.09. The first-order valence-corrected chi connectivity index (χ1v) is 8.87. The molecule has 0 fully saturated rings. The summed E-state index contributed by atoms with van der Waals surface area (Å²) in [5.74, 6) is 0.390. The number of aromatic nitrogens is 1. The number of carbonyl (C=O) groups is 1. The van der Waals surface area contributed by atoms with Crippen molar-refractivity contribution in [3.63, 3.8) is 0 Å². The summed E-state index contributed by atoms with van der Waals surface area (Å²) in [6.07, 6.45) is 1.59. The van der Waals surface area contributed by atoms with Gasteiger partial charge in [0.1, 0.15) is 11.6 Å². The lowest BCUT2D eigenvalue weighted by atomic mass is 10.1. The van der Waals surface area contributed by atoms with Crippen LogP contribution in [-0.2, 0) is 0 Å². The number of anilines is 1. The first kappa shape index (κ1) is 19.8. The number of nitrogens with one attached hydrogen (secondary N) is 1. The summed E-state index contributed by atoms with van der Waals surface area (Å²) >= 11 is 0. The molecule has 1 amide bonds. The molecule has 1 N–H and O–H groups in total. The van der Waals surface area contributed by atoms with Crippen LogP contribution in [0.25, 0.3) is 0 Å². The van der Waals surface area contributed by atoms with Crippen LogP contribution in [0.5, 0.6) is 0 Å². The highest BCUT2D eigenvalue weighted by Gasteiger charge is 2.17. The first-order valence-electron chi connectivity index (χ1n) is 8.87. The molecule has 0 aliphatic rings. The molecule has 1 heterocycles. The van der Waals surface area contributed by atoms with E-state index in [0.717, 1.165) is 24.5 Å². The molecule has 5 nitrogen and oxygen atoms in total. The van der Waals surface area contributed by atoms with Gasteiger partial charge in [0.05, 0.1) is 11.6 Å². The van der Waals surface area contributed by atoms with Crippen molar-refractivity contribution < 1.29 is 9.18 Å². The number of hydrogen-bond donors (Lipinski definition) is 1. The maximum Gasteiger partial charge on any atom is 0.252 e. The molecule has 0 spiro atoms. The van der Waals surface area contributed by atoms with Crippen LogP contribution >= 0.6 is 0 Å². The van der Waals surface area contributed by atoms with Crippen LogP contribution in [0.4, 0.5) is 10.2 Å². The van der Waals surface area contributed by atoms with Gasteiger partial charge in [0.25, 0.3) is 5.91 Å². The summed E-state index contributed by atoms with van der Waals surface area (Å²) in [5, 5.41) is 2.92. The zero-order valence-electron chi connectivity index (χ0n) is 15.9. The third-order valence-corrected chi connectivity index (χ3v) is 4.41. The van der Waals surface area contributed by atoms with Crippen molar-refractivity contribution in [2.75, 3.05) is 38.6 Å². The second-order valence-corrected chi connectivity index (χ2v) is 6.32. The molecule has 0 aliphatic carbocycles. The third-order valence-electron chi connectivity index (χ3n) is 4.41. The fourth-order valence-electron chi connectivity index (χ4n) is 2.86. The minimum atomic E-state index is -0.281. The summed E-state index contributed by atoms with van der Waals surface area (Å²) in [5.41, 5.74) is 1.34. The lowest BCUT2D eigenvalue weighted by Crippen LogP contribution is -2.34. The summed E-state index contributed by atoms with van der Waals surface area (Å²) in [4.78, 5) is 20.9. The van der Waals surface area contributed by atoms with Gasteiger partial charge in [0.2, 0.25) is 0 Å². The molecule has 0 aliphatic heterocycles. The van der Waals surface area contributed by atoms with Crippen LogP contribution in [0.15, 0.2) is 42.6 Å². The maximum absolute atomic E-state index is 13.5. The normalized spacial score (nSPS) is 12.1. The predicted octanol–water partition coefficient (Wildman–Crippen LogP) is 3.10. The Morgan fingerprint density at radius 2 is 1.92 bits per heavy atom. The number of carbonyl (C=O) groups excluding carboxylic acids is 1. The maximum atomic E-state index is 13.5. The average Bonchev–Trinajstić information content (AvgIpc) is 2.63. The van der Waals surface area contributed by atoms with E-state index in [1.807, 2.05) is 31.1 Å². The summed E-state index contributed by atoms with van der Waals surface area (Å²) in [6.45, 7) is 6.26. The van der Waals surface area contributed by atoms with Crippen LogP contribution in [0, 0.1) is 5.82 Å². The molecule has 1 unspecified atom stereocenters. The van der Waals surface area contributed by atoms with Gasteiger partial charge in [-0.2, -0.15) is 0 Å². The molecule has 2 rings (SSSR count). The van der Waals surface area contributed by atoms with Crippen LogP contribution in [0.1, 0.15) is 35.8 Å². The van der Waals surface area contributed by atoms with Gasteiger partial charge in [0.15, 0.2) is 0 Å². The van der Waals surface area contributed by atoms with Crippen molar-refractivity contribution in [3.8, 4) is 0 Å². The fourth-order valence-corrected chi connectivity index (χ4v) is 2.86. The Labute approximate surface area is 154 Å². The highest BCUT2D eigenvalue weighted by Crippen LogP contribution is 2.18. The van der Waals surface area contributed by atoms with Gasteiger partial charge in [-0.3, -0.25) is 4.79 Å². The SMILES string of the molecule is CCN(CC)c1ccc(C(=O)NCC(c2cccc(F)c2)N(C)C)cn1. The van der Waals surface area contributed by atoms with E-state index in [0.29, 0.717) is 12.1 Å². The minimum Gasteiger partial charge on any atom is -0.357 e. The minimum absolute atomic E-state index is 0.113. The van der Waals surface area contributed by atoms with Gasteiger partial charge in [-0.25, -0.2) is 9.37 Å². The largest absolute Gasteiger partial charge is 0.357 e. The molecule has 2 aromatic rings. The Balaban J connectivity index is 2.04. The molecule has 1 aromatic heterocycles. The van der Waals surface area contributed by atoms with Crippen molar-refractivity contribution in [1.29, 1.82) is 0 Å². The quantitative estimate of drug-likeness (QED) is 0.788. The molecule has 26 heavy (non-hydrogen) atoms. The number of nitrogens with zero attached hydrogens (tertiary/aromatic N) is 3. The Bertz CT molecular complexity index is 714. The molecule has 1 atom stereocenters. The average molecular weight is 358 g/mol.